The fourth-order valence-corrected chi connectivity index (χ4v) is 4.99. The minimum atomic E-state index is -0.678. The van der Waals surface area contributed by atoms with E-state index in [4.69, 9.17) is 0 Å². The Balaban J connectivity index is 1.62. The summed E-state index contributed by atoms with van der Waals surface area (Å²) in [5.41, 5.74) is 0.554. The Morgan fingerprint density at radius 3 is 2.84 bits per heavy atom. The van der Waals surface area contributed by atoms with E-state index in [0.29, 0.717) is 37.1 Å². The van der Waals surface area contributed by atoms with E-state index in [1.54, 1.807) is 27.6 Å². The summed E-state index contributed by atoms with van der Waals surface area (Å²) in [6, 6.07) is 7.25. The summed E-state index contributed by atoms with van der Waals surface area (Å²) in [5, 5.41) is 0. The Kier molecular flexibility index (Phi) is 3.98. The number of carbonyl (C=O) groups is 3. The van der Waals surface area contributed by atoms with Crippen LogP contribution < -0.4 is 4.90 Å². The lowest BCUT2D eigenvalue weighted by Gasteiger charge is -2.48. The molecule has 2 saturated heterocycles. The van der Waals surface area contributed by atoms with E-state index in [-0.39, 0.29) is 17.7 Å². The predicted octanol–water partition coefficient (Wildman–Crippen LogP) is 1.91. The van der Waals surface area contributed by atoms with E-state index in [1.165, 1.54) is 0 Å². The fraction of sp³-hybridized carbons (Fsp3) is 0.500. The van der Waals surface area contributed by atoms with Gasteiger partial charge in [0, 0.05) is 31.7 Å². The molecule has 0 N–H and O–H groups in total. The zero-order chi connectivity index (χ0) is 17.6. The molecule has 1 aromatic carbocycles. The van der Waals surface area contributed by atoms with Crippen LogP contribution >= 0.6 is 11.8 Å². The summed E-state index contributed by atoms with van der Waals surface area (Å²) < 4.78 is 0. The lowest BCUT2D eigenvalue weighted by molar-refractivity contribution is -0.130. The summed E-state index contributed by atoms with van der Waals surface area (Å²) in [7, 11) is 0. The molecule has 3 amide bonds. The first-order valence-electron chi connectivity index (χ1n) is 8.62. The Labute approximate surface area is 151 Å². The van der Waals surface area contributed by atoms with Gasteiger partial charge in [0.05, 0.1) is 17.1 Å². The molecule has 0 spiro atoms. The summed E-state index contributed by atoms with van der Waals surface area (Å²) in [6.45, 7) is 3.05. The van der Waals surface area contributed by atoms with Crippen molar-refractivity contribution in [2.45, 2.75) is 31.8 Å². The Bertz CT molecular complexity index is 747. The van der Waals surface area contributed by atoms with Gasteiger partial charge in [0.15, 0.2) is 0 Å². The van der Waals surface area contributed by atoms with E-state index in [0.717, 1.165) is 18.2 Å². The number of hydrogen-bond donors (Lipinski definition) is 0. The van der Waals surface area contributed by atoms with Crippen LogP contribution in [0.15, 0.2) is 24.3 Å². The van der Waals surface area contributed by atoms with E-state index in [2.05, 4.69) is 0 Å². The lowest BCUT2D eigenvalue weighted by atomic mass is 9.98. The van der Waals surface area contributed by atoms with Crippen molar-refractivity contribution in [2.24, 2.45) is 0 Å². The first-order valence-corrected chi connectivity index (χ1v) is 9.77. The number of thioether (sulfide) groups is 1. The minimum Gasteiger partial charge on any atom is -0.333 e. The van der Waals surface area contributed by atoms with Crippen molar-refractivity contribution in [3.05, 3.63) is 29.8 Å². The van der Waals surface area contributed by atoms with Crippen molar-refractivity contribution in [2.75, 3.05) is 29.6 Å². The molecule has 3 aliphatic rings. The maximum Gasteiger partial charge on any atom is 0.257 e. The zero-order valence-corrected chi connectivity index (χ0v) is 15.1. The van der Waals surface area contributed by atoms with Crippen LogP contribution in [0.4, 0.5) is 5.69 Å². The second-order valence-electron chi connectivity index (χ2n) is 6.86. The van der Waals surface area contributed by atoms with Crippen molar-refractivity contribution in [1.82, 2.24) is 9.80 Å². The van der Waals surface area contributed by atoms with Gasteiger partial charge in [-0.15, -0.1) is 11.8 Å². The normalized spacial score (nSPS) is 25.4. The number of benzene rings is 1. The molecule has 1 unspecified atom stereocenters. The quantitative estimate of drug-likeness (QED) is 0.827. The third kappa shape index (κ3) is 2.52. The van der Waals surface area contributed by atoms with Crippen LogP contribution in [0.2, 0.25) is 0 Å². The highest BCUT2D eigenvalue weighted by atomic mass is 32.2. The van der Waals surface area contributed by atoms with Crippen LogP contribution in [0.5, 0.6) is 0 Å². The van der Waals surface area contributed by atoms with Crippen LogP contribution in [0, 0.1) is 0 Å². The third-order valence-corrected chi connectivity index (χ3v) is 6.37. The van der Waals surface area contributed by atoms with E-state index < -0.39 is 5.66 Å². The van der Waals surface area contributed by atoms with Gasteiger partial charge in [-0.3, -0.25) is 19.3 Å². The van der Waals surface area contributed by atoms with Crippen LogP contribution in [0.3, 0.4) is 0 Å². The second kappa shape index (κ2) is 6.05. The van der Waals surface area contributed by atoms with E-state index >= 15 is 0 Å². The van der Waals surface area contributed by atoms with Gasteiger partial charge in [-0.05, 0) is 25.5 Å². The molecule has 1 aromatic rings. The maximum atomic E-state index is 13.1. The Morgan fingerprint density at radius 2 is 2.08 bits per heavy atom. The molecule has 0 bridgehead atoms. The van der Waals surface area contributed by atoms with Crippen molar-refractivity contribution >= 4 is 35.2 Å². The van der Waals surface area contributed by atoms with Gasteiger partial charge in [0.1, 0.15) is 5.66 Å². The number of carbonyl (C=O) groups excluding carboxylic acids is 3. The zero-order valence-electron chi connectivity index (χ0n) is 14.2. The minimum absolute atomic E-state index is 0.0368. The summed E-state index contributed by atoms with van der Waals surface area (Å²) >= 11 is 1.75. The molecule has 1 atom stereocenters. The molecule has 3 heterocycles. The van der Waals surface area contributed by atoms with Gasteiger partial charge >= 0.3 is 0 Å². The van der Waals surface area contributed by atoms with Crippen molar-refractivity contribution in [1.29, 1.82) is 0 Å². The van der Waals surface area contributed by atoms with Crippen LogP contribution in [-0.2, 0) is 9.59 Å². The lowest BCUT2D eigenvalue weighted by Crippen LogP contribution is -2.62. The second-order valence-corrected chi connectivity index (χ2v) is 7.94. The topological polar surface area (TPSA) is 60.9 Å². The highest BCUT2D eigenvalue weighted by Crippen LogP contribution is 2.43. The molecule has 25 heavy (non-hydrogen) atoms. The number of anilines is 1. The Hall–Kier alpha value is -2.02. The molecule has 6 nitrogen and oxygen atoms in total. The Morgan fingerprint density at radius 1 is 1.28 bits per heavy atom. The fourth-order valence-electron chi connectivity index (χ4n) is 4.02. The number of para-hydroxylation sites is 1. The summed E-state index contributed by atoms with van der Waals surface area (Å²) in [6.07, 6.45) is 1.32. The molecule has 0 radical (unpaired) electrons. The third-order valence-electron chi connectivity index (χ3n) is 5.40. The number of amides is 3. The van der Waals surface area contributed by atoms with Gasteiger partial charge in [0.25, 0.3) is 5.91 Å². The van der Waals surface area contributed by atoms with Crippen LogP contribution in [0.1, 0.15) is 36.5 Å². The predicted molar refractivity (Wildman–Crippen MR) is 96.3 cm³/mol. The highest BCUT2D eigenvalue weighted by Gasteiger charge is 2.52. The molecular weight excluding hydrogens is 338 g/mol. The standard InChI is InChI=1S/C18H21N3O3S/c1-18-8-6-16(23)21(18)14-5-3-2-4-13(14)17(24)20(18)9-7-15(22)19-10-11-25-12-19/h2-5H,6-12H2,1H3. The summed E-state index contributed by atoms with van der Waals surface area (Å²) in [5.74, 6) is 1.73. The number of hydrogen-bond acceptors (Lipinski definition) is 4. The van der Waals surface area contributed by atoms with Crippen molar-refractivity contribution in [3.8, 4) is 0 Å². The van der Waals surface area contributed by atoms with Gasteiger partial charge in [0.2, 0.25) is 11.8 Å². The van der Waals surface area contributed by atoms with Gasteiger partial charge < -0.3 is 9.80 Å². The maximum absolute atomic E-state index is 13.1. The highest BCUT2D eigenvalue weighted by molar-refractivity contribution is 7.99. The molecule has 3 aliphatic heterocycles. The van der Waals surface area contributed by atoms with E-state index in [9.17, 15) is 14.4 Å². The van der Waals surface area contributed by atoms with Gasteiger partial charge in [-0.2, -0.15) is 0 Å². The SMILES string of the molecule is CC12CCC(=O)N1c1ccccc1C(=O)N2CCC(=O)N1CCSC1. The van der Waals surface area contributed by atoms with Crippen LogP contribution in [0.25, 0.3) is 0 Å². The number of nitrogens with zero attached hydrogens (tertiary/aromatic N) is 3. The molecule has 7 heteroatoms. The van der Waals surface area contributed by atoms with E-state index in [1.807, 2.05) is 30.0 Å². The molecule has 2 fully saturated rings. The summed E-state index contributed by atoms with van der Waals surface area (Å²) in [4.78, 5) is 43.3. The molecule has 132 valence electrons. The first kappa shape index (κ1) is 16.4. The molecule has 0 aliphatic carbocycles. The number of fused-ring (bicyclic) bond motifs is 3. The number of rotatable bonds is 3. The molecule has 0 aromatic heterocycles. The monoisotopic (exact) mass is 359 g/mol. The molecular formula is C18H21N3O3S. The average molecular weight is 359 g/mol. The van der Waals surface area contributed by atoms with Crippen molar-refractivity contribution in [3.63, 3.8) is 0 Å². The molecule has 0 saturated carbocycles. The smallest absolute Gasteiger partial charge is 0.257 e. The average Bonchev–Trinajstić information content (AvgIpc) is 3.24. The van der Waals surface area contributed by atoms with Gasteiger partial charge in [-0.25, -0.2) is 0 Å². The van der Waals surface area contributed by atoms with Crippen LogP contribution in [-0.4, -0.2) is 57.9 Å². The first-order chi connectivity index (χ1) is 12.0. The molecule has 4 rings (SSSR count). The van der Waals surface area contributed by atoms with Crippen molar-refractivity contribution < 1.29 is 14.4 Å². The largest absolute Gasteiger partial charge is 0.333 e. The van der Waals surface area contributed by atoms with Gasteiger partial charge in [-0.1, -0.05) is 12.1 Å².